The molecule has 0 aliphatic rings. The second-order valence-electron chi connectivity index (χ2n) is 3.60. The van der Waals surface area contributed by atoms with E-state index in [9.17, 15) is 9.59 Å². The Hall–Kier alpha value is -1.54. The molecule has 1 rings (SSSR count). The Morgan fingerprint density at radius 2 is 2.17 bits per heavy atom. The van der Waals surface area contributed by atoms with Gasteiger partial charge in [-0.1, -0.05) is 11.3 Å². The van der Waals surface area contributed by atoms with Crippen LogP contribution in [0.5, 0.6) is 0 Å². The molecule has 2 amide bonds. The van der Waals surface area contributed by atoms with E-state index in [0.29, 0.717) is 16.7 Å². The number of nitrogens with zero attached hydrogens (tertiary/aromatic N) is 2. The lowest BCUT2D eigenvalue weighted by Gasteiger charge is -2.03. The Bertz CT molecular complexity index is 421. The van der Waals surface area contributed by atoms with Crippen LogP contribution in [-0.2, 0) is 14.3 Å². The monoisotopic (exact) mass is 272 g/mol. The zero-order valence-electron chi connectivity index (χ0n) is 10.5. The molecular weight excluding hydrogens is 256 g/mol. The topological polar surface area (TPSA) is 93.2 Å². The fourth-order valence-electron chi connectivity index (χ4n) is 1.08. The van der Waals surface area contributed by atoms with Crippen LogP contribution in [0.15, 0.2) is 0 Å². The molecule has 0 aliphatic carbocycles. The summed E-state index contributed by atoms with van der Waals surface area (Å²) in [5, 5.41) is 14.0. The van der Waals surface area contributed by atoms with Crippen molar-refractivity contribution in [2.24, 2.45) is 0 Å². The number of carbonyl (C=O) groups is 2. The van der Waals surface area contributed by atoms with Crippen molar-refractivity contribution >= 4 is 28.3 Å². The number of hydrogen-bond donors (Lipinski definition) is 2. The van der Waals surface area contributed by atoms with Crippen LogP contribution >= 0.6 is 11.3 Å². The molecule has 0 aliphatic heterocycles. The first-order valence-corrected chi connectivity index (χ1v) is 6.25. The minimum absolute atomic E-state index is 0.146. The standard InChI is InChI=1S/C10H16N4O3S/c1-6(17-3)9-13-14-10(18-9)12-8(16)4-5-11-7(2)15/h6H,4-5H2,1-3H3,(H,11,15)(H,12,14,16). The third kappa shape index (κ3) is 4.76. The van der Waals surface area contributed by atoms with Gasteiger partial charge in [-0.3, -0.25) is 9.59 Å². The van der Waals surface area contributed by atoms with Crippen molar-refractivity contribution in [3.05, 3.63) is 5.01 Å². The molecular formula is C10H16N4O3S. The van der Waals surface area contributed by atoms with E-state index in [1.807, 2.05) is 6.92 Å². The summed E-state index contributed by atoms with van der Waals surface area (Å²) in [5.41, 5.74) is 0. The zero-order chi connectivity index (χ0) is 13.5. The van der Waals surface area contributed by atoms with Gasteiger partial charge in [0.05, 0.1) is 0 Å². The van der Waals surface area contributed by atoms with Crippen molar-refractivity contribution in [3.8, 4) is 0 Å². The molecule has 0 aromatic carbocycles. The molecule has 0 saturated carbocycles. The van der Waals surface area contributed by atoms with Gasteiger partial charge < -0.3 is 15.4 Å². The summed E-state index contributed by atoms with van der Waals surface area (Å²) in [4.78, 5) is 22.1. The van der Waals surface area contributed by atoms with Gasteiger partial charge >= 0.3 is 0 Å². The van der Waals surface area contributed by atoms with Gasteiger partial charge in [0.1, 0.15) is 11.1 Å². The van der Waals surface area contributed by atoms with E-state index in [1.54, 1.807) is 7.11 Å². The first-order chi connectivity index (χ1) is 8.52. The highest BCUT2D eigenvalue weighted by Gasteiger charge is 2.12. The first kappa shape index (κ1) is 14.5. The van der Waals surface area contributed by atoms with Crippen molar-refractivity contribution in [1.29, 1.82) is 0 Å². The number of methoxy groups -OCH3 is 1. The molecule has 1 unspecified atom stereocenters. The molecule has 1 aromatic heterocycles. The molecule has 0 fully saturated rings. The lowest BCUT2D eigenvalue weighted by molar-refractivity contribution is -0.119. The summed E-state index contributed by atoms with van der Waals surface area (Å²) in [7, 11) is 1.58. The fraction of sp³-hybridized carbons (Fsp3) is 0.600. The molecule has 0 saturated heterocycles. The second kappa shape index (κ2) is 7.02. The number of rotatable bonds is 6. The summed E-state index contributed by atoms with van der Waals surface area (Å²) in [6, 6.07) is 0. The molecule has 0 bridgehead atoms. The molecule has 18 heavy (non-hydrogen) atoms. The van der Waals surface area contributed by atoms with Gasteiger partial charge in [0, 0.05) is 27.0 Å². The van der Waals surface area contributed by atoms with Crippen molar-refractivity contribution in [3.63, 3.8) is 0 Å². The molecule has 0 spiro atoms. The van der Waals surface area contributed by atoms with E-state index >= 15 is 0 Å². The number of ether oxygens (including phenoxy) is 1. The number of hydrogen-bond acceptors (Lipinski definition) is 6. The number of anilines is 1. The minimum atomic E-state index is -0.212. The smallest absolute Gasteiger partial charge is 0.227 e. The summed E-state index contributed by atoms with van der Waals surface area (Å²) in [6.45, 7) is 3.56. The number of aromatic nitrogens is 2. The molecule has 8 heteroatoms. The van der Waals surface area contributed by atoms with Crippen LogP contribution in [0.1, 0.15) is 31.4 Å². The van der Waals surface area contributed by atoms with Crippen LogP contribution in [0.25, 0.3) is 0 Å². The summed E-state index contributed by atoms with van der Waals surface area (Å²) >= 11 is 1.27. The average molecular weight is 272 g/mol. The van der Waals surface area contributed by atoms with Gasteiger partial charge in [-0.25, -0.2) is 0 Å². The van der Waals surface area contributed by atoms with Crippen LogP contribution in [0.3, 0.4) is 0 Å². The van der Waals surface area contributed by atoms with Gasteiger partial charge in [0.15, 0.2) is 0 Å². The molecule has 1 aromatic rings. The maximum Gasteiger partial charge on any atom is 0.227 e. The predicted octanol–water partition coefficient (Wildman–Crippen LogP) is 0.710. The average Bonchev–Trinajstić information content (AvgIpc) is 2.76. The molecule has 0 radical (unpaired) electrons. The summed E-state index contributed by atoms with van der Waals surface area (Å²) in [5.74, 6) is -0.369. The SMILES string of the molecule is COC(C)c1nnc(NC(=O)CCNC(C)=O)s1. The van der Waals surface area contributed by atoms with Crippen LogP contribution in [0.4, 0.5) is 5.13 Å². The Morgan fingerprint density at radius 3 is 2.78 bits per heavy atom. The van der Waals surface area contributed by atoms with Gasteiger partial charge in [-0.2, -0.15) is 0 Å². The highest BCUT2D eigenvalue weighted by molar-refractivity contribution is 7.15. The van der Waals surface area contributed by atoms with Gasteiger partial charge in [0.25, 0.3) is 0 Å². The maximum absolute atomic E-state index is 11.5. The number of carbonyl (C=O) groups excluding carboxylic acids is 2. The van der Waals surface area contributed by atoms with Crippen LogP contribution in [0, 0.1) is 0 Å². The second-order valence-corrected chi connectivity index (χ2v) is 4.61. The normalized spacial score (nSPS) is 11.9. The van der Waals surface area contributed by atoms with Gasteiger partial charge in [-0.15, -0.1) is 10.2 Å². The molecule has 1 atom stereocenters. The first-order valence-electron chi connectivity index (χ1n) is 5.43. The highest BCUT2D eigenvalue weighted by atomic mass is 32.1. The van der Waals surface area contributed by atoms with Crippen LogP contribution in [-0.4, -0.2) is 35.7 Å². The quantitative estimate of drug-likeness (QED) is 0.795. The van der Waals surface area contributed by atoms with E-state index in [1.165, 1.54) is 18.3 Å². The molecule has 100 valence electrons. The van der Waals surface area contributed by atoms with E-state index in [-0.39, 0.29) is 24.3 Å². The van der Waals surface area contributed by atoms with Crippen molar-refractivity contribution in [2.75, 3.05) is 19.0 Å². The van der Waals surface area contributed by atoms with Crippen LogP contribution < -0.4 is 10.6 Å². The molecule has 7 nitrogen and oxygen atoms in total. The third-order valence-corrected chi connectivity index (χ3v) is 3.11. The van der Waals surface area contributed by atoms with E-state index < -0.39 is 0 Å². The van der Waals surface area contributed by atoms with Crippen LogP contribution in [0.2, 0.25) is 0 Å². The van der Waals surface area contributed by atoms with Crippen molar-refractivity contribution in [2.45, 2.75) is 26.4 Å². The molecule has 2 N–H and O–H groups in total. The van der Waals surface area contributed by atoms with E-state index in [2.05, 4.69) is 20.8 Å². The number of amides is 2. The minimum Gasteiger partial charge on any atom is -0.374 e. The third-order valence-electron chi connectivity index (χ3n) is 2.11. The Balaban J connectivity index is 2.40. The lowest BCUT2D eigenvalue weighted by atomic mass is 10.4. The summed E-state index contributed by atoms with van der Waals surface area (Å²) < 4.78 is 5.09. The molecule has 1 heterocycles. The van der Waals surface area contributed by atoms with E-state index in [4.69, 9.17) is 4.74 Å². The zero-order valence-corrected chi connectivity index (χ0v) is 11.3. The van der Waals surface area contributed by atoms with Gasteiger partial charge in [0.2, 0.25) is 16.9 Å². The van der Waals surface area contributed by atoms with Crippen molar-refractivity contribution in [1.82, 2.24) is 15.5 Å². The maximum atomic E-state index is 11.5. The van der Waals surface area contributed by atoms with Gasteiger partial charge in [-0.05, 0) is 6.92 Å². The largest absolute Gasteiger partial charge is 0.374 e. The van der Waals surface area contributed by atoms with E-state index in [0.717, 1.165) is 0 Å². The Morgan fingerprint density at radius 1 is 1.44 bits per heavy atom. The lowest BCUT2D eigenvalue weighted by Crippen LogP contribution is -2.25. The Labute approximate surface area is 109 Å². The predicted molar refractivity (Wildman–Crippen MR) is 67.3 cm³/mol. The van der Waals surface area contributed by atoms with Crippen molar-refractivity contribution < 1.29 is 14.3 Å². The highest BCUT2D eigenvalue weighted by Crippen LogP contribution is 2.23. The number of nitrogens with one attached hydrogen (secondary N) is 2. The fourth-order valence-corrected chi connectivity index (χ4v) is 1.87. The summed E-state index contributed by atoms with van der Waals surface area (Å²) in [6.07, 6.45) is 0.0569. The Kier molecular flexibility index (Phi) is 5.66.